The third-order valence-electron chi connectivity index (χ3n) is 3.61. The molecule has 0 atom stereocenters. The fourth-order valence-corrected chi connectivity index (χ4v) is 2.43. The molecule has 1 aliphatic rings. The smallest absolute Gasteiger partial charge is 0.0650 e. The molecule has 3 heteroatoms. The molecule has 3 rings (SSSR count). The molecule has 0 aromatic heterocycles. The van der Waals surface area contributed by atoms with Crippen molar-refractivity contribution in [2.45, 2.75) is 19.4 Å². The Bertz CT molecular complexity index is 627. The van der Waals surface area contributed by atoms with Crippen molar-refractivity contribution in [3.05, 3.63) is 59.7 Å². The summed E-state index contributed by atoms with van der Waals surface area (Å²) in [7, 11) is 0. The van der Waals surface area contributed by atoms with Crippen LogP contribution in [0.4, 0.5) is 11.4 Å². The number of para-hydroxylation sites is 2. The van der Waals surface area contributed by atoms with Crippen LogP contribution in [0.15, 0.2) is 48.5 Å². The van der Waals surface area contributed by atoms with Crippen LogP contribution in [0.5, 0.6) is 0 Å². The molecule has 108 valence electrons. The highest BCUT2D eigenvalue weighted by Crippen LogP contribution is 2.35. The first-order valence-electron chi connectivity index (χ1n) is 7.16. The number of fused-ring (bicyclic) bond motifs is 2. The number of anilines is 2. The maximum atomic E-state index is 9.59. The van der Waals surface area contributed by atoms with Crippen LogP contribution in [0.2, 0.25) is 0 Å². The summed E-state index contributed by atoms with van der Waals surface area (Å²) in [6, 6.07) is 16.5. The summed E-state index contributed by atoms with van der Waals surface area (Å²) in [6.07, 6.45) is 4.25. The molecular weight excluding hydrogens is 260 g/mol. The molecule has 0 bridgehead atoms. The van der Waals surface area contributed by atoms with Gasteiger partial charge in [-0.3, -0.25) is 5.01 Å². The molecule has 1 aliphatic heterocycles. The highest BCUT2D eigenvalue weighted by molar-refractivity contribution is 5.88. The van der Waals surface area contributed by atoms with Gasteiger partial charge in [0.05, 0.1) is 23.5 Å². The normalized spacial score (nSPS) is 13.6. The molecule has 3 nitrogen and oxygen atoms in total. The van der Waals surface area contributed by atoms with E-state index >= 15 is 0 Å². The summed E-state index contributed by atoms with van der Waals surface area (Å²) >= 11 is 0. The van der Waals surface area contributed by atoms with E-state index in [0.717, 1.165) is 22.5 Å². The molecule has 2 aromatic rings. The standard InChI is InChI=1S/C18H20N2O/c1-18(2,13-21)19-20-16-9-5-3-7-14(16)11-12-15-8-4-6-10-17(15)20/h3-12,19,21H,13H2,1-2H3. The molecule has 2 aromatic carbocycles. The molecule has 0 aliphatic carbocycles. The van der Waals surface area contributed by atoms with Crippen LogP contribution in [0.1, 0.15) is 25.0 Å². The highest BCUT2D eigenvalue weighted by atomic mass is 16.3. The lowest BCUT2D eigenvalue weighted by atomic mass is 10.1. The monoisotopic (exact) mass is 280 g/mol. The van der Waals surface area contributed by atoms with Gasteiger partial charge >= 0.3 is 0 Å². The van der Waals surface area contributed by atoms with E-state index in [1.807, 2.05) is 38.1 Å². The highest BCUT2D eigenvalue weighted by Gasteiger charge is 2.24. The number of hydrogen-bond donors (Lipinski definition) is 2. The first-order valence-corrected chi connectivity index (χ1v) is 7.16. The Kier molecular flexibility index (Phi) is 3.53. The first-order chi connectivity index (χ1) is 10.1. The van der Waals surface area contributed by atoms with Gasteiger partial charge in [0, 0.05) is 0 Å². The Morgan fingerprint density at radius 2 is 1.38 bits per heavy atom. The molecule has 2 N–H and O–H groups in total. The third kappa shape index (κ3) is 2.71. The Morgan fingerprint density at radius 3 is 1.86 bits per heavy atom. The maximum absolute atomic E-state index is 9.59. The van der Waals surface area contributed by atoms with Gasteiger partial charge in [0.1, 0.15) is 0 Å². The summed E-state index contributed by atoms with van der Waals surface area (Å²) in [6.45, 7) is 4.02. The Morgan fingerprint density at radius 1 is 0.905 bits per heavy atom. The zero-order valence-corrected chi connectivity index (χ0v) is 12.4. The van der Waals surface area contributed by atoms with Crippen molar-refractivity contribution in [1.82, 2.24) is 5.43 Å². The van der Waals surface area contributed by atoms with Gasteiger partial charge < -0.3 is 5.11 Å². The van der Waals surface area contributed by atoms with Gasteiger partial charge in [-0.2, -0.15) is 0 Å². The summed E-state index contributed by atoms with van der Waals surface area (Å²) in [5.74, 6) is 0. The van der Waals surface area contributed by atoms with E-state index in [1.165, 1.54) is 0 Å². The van der Waals surface area contributed by atoms with E-state index in [-0.39, 0.29) is 6.61 Å². The minimum absolute atomic E-state index is 0.0568. The minimum Gasteiger partial charge on any atom is -0.394 e. The van der Waals surface area contributed by atoms with E-state index in [1.54, 1.807) is 0 Å². The first kappa shape index (κ1) is 13.9. The Balaban J connectivity index is 2.14. The zero-order valence-electron chi connectivity index (χ0n) is 12.4. The van der Waals surface area contributed by atoms with Crippen LogP contribution in [0.25, 0.3) is 12.2 Å². The lowest BCUT2D eigenvalue weighted by molar-refractivity contribution is 0.189. The van der Waals surface area contributed by atoms with Crippen molar-refractivity contribution >= 4 is 23.5 Å². The third-order valence-corrected chi connectivity index (χ3v) is 3.61. The molecule has 1 heterocycles. The van der Waals surface area contributed by atoms with Crippen molar-refractivity contribution in [2.75, 3.05) is 11.6 Å². The summed E-state index contributed by atoms with van der Waals surface area (Å²) in [5, 5.41) is 11.7. The lowest BCUT2D eigenvalue weighted by Gasteiger charge is -2.35. The SMILES string of the molecule is CC(C)(CO)NN1c2ccccc2C=Cc2ccccc21. The number of hydrazine groups is 1. The second-order valence-corrected chi connectivity index (χ2v) is 5.94. The fraction of sp³-hybridized carbons (Fsp3) is 0.222. The molecule has 0 saturated carbocycles. The number of nitrogens with one attached hydrogen (secondary N) is 1. The molecule has 0 amide bonds. The van der Waals surface area contributed by atoms with Crippen LogP contribution in [-0.4, -0.2) is 17.3 Å². The van der Waals surface area contributed by atoms with Gasteiger partial charge in [0.25, 0.3) is 0 Å². The number of rotatable bonds is 3. The largest absolute Gasteiger partial charge is 0.394 e. The number of benzene rings is 2. The van der Waals surface area contributed by atoms with Gasteiger partial charge in [-0.15, -0.1) is 0 Å². The number of nitrogens with zero attached hydrogens (tertiary/aromatic N) is 1. The summed E-state index contributed by atoms with van der Waals surface area (Å²) in [5.41, 5.74) is 7.49. The number of hydrogen-bond acceptors (Lipinski definition) is 3. The van der Waals surface area contributed by atoms with Gasteiger partial charge in [-0.05, 0) is 37.1 Å². The quantitative estimate of drug-likeness (QED) is 0.902. The summed E-state index contributed by atoms with van der Waals surface area (Å²) < 4.78 is 0. The van der Waals surface area contributed by atoms with Crippen LogP contribution in [-0.2, 0) is 0 Å². The average Bonchev–Trinajstić information content (AvgIpc) is 2.66. The van der Waals surface area contributed by atoms with E-state index in [2.05, 4.69) is 46.9 Å². The lowest BCUT2D eigenvalue weighted by Crippen LogP contribution is -2.51. The van der Waals surface area contributed by atoms with Gasteiger partial charge in [-0.1, -0.05) is 48.6 Å². The Hall–Kier alpha value is -2.10. The molecule has 0 unspecified atom stereocenters. The van der Waals surface area contributed by atoms with E-state index in [9.17, 15) is 5.11 Å². The second-order valence-electron chi connectivity index (χ2n) is 5.94. The fourth-order valence-electron chi connectivity index (χ4n) is 2.43. The average molecular weight is 280 g/mol. The predicted octanol–water partition coefficient (Wildman–Crippen LogP) is 3.58. The maximum Gasteiger partial charge on any atom is 0.0650 e. The minimum atomic E-state index is -0.412. The van der Waals surface area contributed by atoms with Crippen molar-refractivity contribution in [3.8, 4) is 0 Å². The zero-order chi connectivity index (χ0) is 14.9. The molecule has 0 fully saturated rings. The van der Waals surface area contributed by atoms with Gasteiger partial charge in [0.15, 0.2) is 0 Å². The van der Waals surface area contributed by atoms with E-state index in [4.69, 9.17) is 0 Å². The van der Waals surface area contributed by atoms with Crippen LogP contribution < -0.4 is 10.4 Å². The van der Waals surface area contributed by atoms with E-state index < -0.39 is 5.54 Å². The molecule has 0 radical (unpaired) electrons. The molecule has 0 spiro atoms. The molecule has 0 saturated heterocycles. The van der Waals surface area contributed by atoms with Crippen LogP contribution >= 0.6 is 0 Å². The Labute approximate surface area is 125 Å². The van der Waals surface area contributed by atoms with Crippen molar-refractivity contribution in [1.29, 1.82) is 0 Å². The van der Waals surface area contributed by atoms with Crippen LogP contribution in [0.3, 0.4) is 0 Å². The summed E-state index contributed by atoms with van der Waals surface area (Å²) in [4.78, 5) is 0. The topological polar surface area (TPSA) is 35.5 Å². The van der Waals surface area contributed by atoms with Gasteiger partial charge in [-0.25, -0.2) is 5.43 Å². The molecular formula is C18H20N2O. The van der Waals surface area contributed by atoms with Crippen molar-refractivity contribution in [2.24, 2.45) is 0 Å². The number of aliphatic hydroxyl groups excluding tert-OH is 1. The van der Waals surface area contributed by atoms with Gasteiger partial charge in [0.2, 0.25) is 0 Å². The second kappa shape index (κ2) is 5.35. The van der Waals surface area contributed by atoms with Crippen molar-refractivity contribution < 1.29 is 5.11 Å². The number of aliphatic hydroxyl groups is 1. The van der Waals surface area contributed by atoms with E-state index in [0.29, 0.717) is 0 Å². The predicted molar refractivity (Wildman–Crippen MR) is 88.3 cm³/mol. The van der Waals surface area contributed by atoms with Crippen LogP contribution in [0, 0.1) is 0 Å². The van der Waals surface area contributed by atoms with Crippen molar-refractivity contribution in [3.63, 3.8) is 0 Å². The molecule has 21 heavy (non-hydrogen) atoms.